The lowest BCUT2D eigenvalue weighted by Crippen LogP contribution is -2.49. The number of carbonyl (C=O) groups excluding carboxylic acids is 5. The van der Waals surface area contributed by atoms with Crippen LogP contribution in [0.25, 0.3) is 0 Å². The number of aryl methyl sites for hydroxylation is 2. The first kappa shape index (κ1) is 63.0. The molecule has 27 heteroatoms. The third-order valence-corrected chi connectivity index (χ3v) is 11.2. The first-order valence-corrected chi connectivity index (χ1v) is 23.9. The van der Waals surface area contributed by atoms with Gasteiger partial charge >= 0.3 is 41.8 Å². The van der Waals surface area contributed by atoms with Crippen molar-refractivity contribution >= 4 is 66.0 Å². The van der Waals surface area contributed by atoms with Gasteiger partial charge in [-0.2, -0.15) is 0 Å². The summed E-state index contributed by atoms with van der Waals surface area (Å²) in [5.41, 5.74) is 1.84. The molecule has 0 fully saturated rings. The number of phenols is 2. The summed E-state index contributed by atoms with van der Waals surface area (Å²) in [5.74, 6) is -9.50. The van der Waals surface area contributed by atoms with E-state index < -0.39 is 92.0 Å². The van der Waals surface area contributed by atoms with Crippen molar-refractivity contribution in [2.45, 2.75) is 121 Å². The zero-order chi connectivity index (χ0) is 55.9. The van der Waals surface area contributed by atoms with Crippen LogP contribution in [0.2, 0.25) is 0 Å². The van der Waals surface area contributed by atoms with E-state index in [4.69, 9.17) is 14.9 Å². The third-order valence-electron chi connectivity index (χ3n) is 11.2. The number of carboxylic acid groups (broad SMARTS) is 6. The van der Waals surface area contributed by atoms with Gasteiger partial charge in [-0.15, -0.1) is 0 Å². The number of amides is 5. The van der Waals surface area contributed by atoms with Gasteiger partial charge in [-0.1, -0.05) is 30.7 Å². The molecule has 75 heavy (non-hydrogen) atoms. The van der Waals surface area contributed by atoms with Crippen molar-refractivity contribution in [3.63, 3.8) is 0 Å². The monoisotopic (exact) mass is 1060 g/mol. The van der Waals surface area contributed by atoms with Crippen molar-refractivity contribution < 1.29 is 98.3 Å². The number of nitrogens with zero attached hydrogens (tertiary/aromatic N) is 2. The Balaban J connectivity index is 1.81. The second-order valence-electron chi connectivity index (χ2n) is 17.4. The van der Waals surface area contributed by atoms with E-state index in [9.17, 15) is 83.4 Å². The van der Waals surface area contributed by atoms with Gasteiger partial charge in [0.25, 0.3) is 6.47 Å². The lowest BCUT2D eigenvalue weighted by Gasteiger charge is -2.26. The predicted octanol–water partition coefficient (Wildman–Crippen LogP) is 0.560. The number of rotatable bonds is 40. The molecule has 0 aliphatic carbocycles. The number of urea groups is 1. The molecule has 27 nitrogen and oxygen atoms in total. The predicted molar refractivity (Wildman–Crippen MR) is 260 cm³/mol. The summed E-state index contributed by atoms with van der Waals surface area (Å²) in [4.78, 5) is 131. The van der Waals surface area contributed by atoms with Crippen molar-refractivity contribution in [1.82, 2.24) is 36.4 Å². The number of hydrogen-bond acceptors (Lipinski definition) is 16. The molecule has 2 aromatic rings. The molecular formula is C48H67N7O20. The van der Waals surface area contributed by atoms with E-state index in [0.717, 1.165) is 0 Å². The van der Waals surface area contributed by atoms with E-state index in [-0.39, 0.29) is 106 Å². The molecule has 0 radical (unpaired) electrons. The highest BCUT2D eigenvalue weighted by Gasteiger charge is 2.25. The molecule has 0 bridgehead atoms. The highest BCUT2D eigenvalue weighted by atomic mass is 16.5. The summed E-state index contributed by atoms with van der Waals surface area (Å²) in [6.07, 6.45) is 0.505. The first-order chi connectivity index (χ1) is 35.5. The molecule has 2 aromatic carbocycles. The van der Waals surface area contributed by atoms with Crippen LogP contribution in [0.5, 0.6) is 11.5 Å². The van der Waals surface area contributed by atoms with Gasteiger partial charge in [0, 0.05) is 82.5 Å². The Bertz CT molecular complexity index is 2280. The molecule has 414 valence electrons. The fraction of sp³-hybridized carbons (Fsp3) is 0.521. The number of phenolic OH excluding ortho intramolecular Hbond substituents is 2. The van der Waals surface area contributed by atoms with E-state index in [1.807, 2.05) is 0 Å². The first-order valence-electron chi connectivity index (χ1n) is 23.9. The van der Waals surface area contributed by atoms with Crippen LogP contribution in [0.1, 0.15) is 99.3 Å². The number of ether oxygens (including phenoxy) is 1. The SMILES string of the molecule is O=CO[C@H](CCCCNC(=O)CCCCCNC(=O)CCc1ccc(O)c(CN(CCN(CC(=O)O)Cc2cc(CCC(=O)N[C@@H](CC(=O)O)C(=O)O)ccc2O)CC(=O)O)c1)NC(=O)N[C@@H](CCC(=O)O)C(=O)O. The zero-order valence-corrected chi connectivity index (χ0v) is 41.2. The fourth-order valence-corrected chi connectivity index (χ4v) is 7.36. The lowest BCUT2D eigenvalue weighted by molar-refractivity contribution is -0.147. The molecule has 0 aliphatic rings. The van der Waals surface area contributed by atoms with Crippen LogP contribution in [0.4, 0.5) is 4.79 Å². The largest absolute Gasteiger partial charge is 0.508 e. The smallest absolute Gasteiger partial charge is 0.326 e. The molecule has 0 aromatic heterocycles. The summed E-state index contributed by atoms with van der Waals surface area (Å²) in [7, 11) is 0. The number of benzene rings is 2. The van der Waals surface area contributed by atoms with E-state index in [1.54, 1.807) is 12.1 Å². The lowest BCUT2D eigenvalue weighted by atomic mass is 10.0. The number of aromatic hydroxyl groups is 2. The maximum atomic E-state index is 12.7. The molecule has 3 atom stereocenters. The van der Waals surface area contributed by atoms with Crippen LogP contribution in [0.15, 0.2) is 36.4 Å². The van der Waals surface area contributed by atoms with Gasteiger partial charge < -0.3 is 72.2 Å². The van der Waals surface area contributed by atoms with Gasteiger partial charge in [-0.25, -0.2) is 14.4 Å². The average Bonchev–Trinajstić information content (AvgIpc) is 3.32. The number of carboxylic acids is 6. The van der Waals surface area contributed by atoms with Gasteiger partial charge in [0.2, 0.25) is 17.7 Å². The second kappa shape index (κ2) is 34.4. The molecule has 0 saturated heterocycles. The Kier molecular flexibility index (Phi) is 28.9. The van der Waals surface area contributed by atoms with Crippen LogP contribution in [0.3, 0.4) is 0 Å². The molecule has 5 amide bonds. The number of unbranched alkanes of at least 4 members (excludes halogenated alkanes) is 3. The normalized spacial score (nSPS) is 12.1. The minimum absolute atomic E-state index is 0.00388. The van der Waals surface area contributed by atoms with Crippen molar-refractivity contribution in [3.8, 4) is 11.5 Å². The summed E-state index contributed by atoms with van der Waals surface area (Å²) in [6, 6.07) is 4.99. The number of nitrogens with one attached hydrogen (secondary N) is 5. The minimum atomic E-state index is -1.63. The Labute approximate surface area is 430 Å². The quantitative estimate of drug-likeness (QED) is 0.0246. The molecule has 13 N–H and O–H groups in total. The number of hydrogen-bond donors (Lipinski definition) is 13. The summed E-state index contributed by atoms with van der Waals surface area (Å²) in [5, 5.41) is 88.9. The summed E-state index contributed by atoms with van der Waals surface area (Å²) in [6.45, 7) is -0.399. The van der Waals surface area contributed by atoms with Crippen molar-refractivity contribution in [2.24, 2.45) is 0 Å². The average molecular weight is 1060 g/mol. The molecule has 0 aliphatic heterocycles. The van der Waals surface area contributed by atoms with Crippen molar-refractivity contribution in [3.05, 3.63) is 58.7 Å². The topological polar surface area (TPSA) is 425 Å². The standard InChI is InChI=1S/C48H67N7O20/c56-29-75-41(53-48(74)52-34(46(70)71)12-17-42(62)63)7-3-5-19-49-38(59)6-2-1-4-18-50-39(60)15-10-30-8-13-36(57)32(22-30)25-54(27-44(66)67)20-21-55(28-45(68)69)26-33-23-31(9-14-37(33)58)11-16-40(61)51-35(47(72)73)24-43(64)65/h8-9,13-14,22-23,29,34-35,41,57-58H,1-7,10-12,15-21,24-28H2,(H,49,59)(H,50,60)(H,51,61)(H,62,63)(H,64,65)(H,66,67)(H,68,69)(H,70,71)(H,72,73)(H2,52,53,74)/t34-,35-,41+/m0/s1. The van der Waals surface area contributed by atoms with E-state index in [0.29, 0.717) is 61.9 Å². The Morgan fingerprint density at radius 3 is 1.52 bits per heavy atom. The van der Waals surface area contributed by atoms with E-state index >= 15 is 0 Å². The Morgan fingerprint density at radius 1 is 0.533 bits per heavy atom. The molecule has 0 unspecified atom stereocenters. The van der Waals surface area contributed by atoms with Gasteiger partial charge in [0.1, 0.15) is 23.6 Å². The zero-order valence-electron chi connectivity index (χ0n) is 41.2. The van der Waals surface area contributed by atoms with E-state index in [2.05, 4.69) is 26.6 Å². The molecule has 0 spiro atoms. The van der Waals surface area contributed by atoms with Gasteiger partial charge in [-0.3, -0.25) is 48.2 Å². The van der Waals surface area contributed by atoms with Crippen LogP contribution in [0, 0.1) is 0 Å². The van der Waals surface area contributed by atoms with Crippen molar-refractivity contribution in [1.29, 1.82) is 0 Å². The Morgan fingerprint density at radius 2 is 1.04 bits per heavy atom. The fourth-order valence-electron chi connectivity index (χ4n) is 7.36. The highest BCUT2D eigenvalue weighted by molar-refractivity contribution is 5.87. The van der Waals surface area contributed by atoms with E-state index in [1.165, 1.54) is 34.1 Å². The second-order valence-corrected chi connectivity index (χ2v) is 17.4. The number of aliphatic carboxylic acids is 6. The van der Waals surface area contributed by atoms with Crippen LogP contribution < -0.4 is 26.6 Å². The maximum absolute atomic E-state index is 12.7. The summed E-state index contributed by atoms with van der Waals surface area (Å²) >= 11 is 0. The minimum Gasteiger partial charge on any atom is -0.508 e. The Hall–Kier alpha value is -8.07. The van der Waals surface area contributed by atoms with Crippen LogP contribution >= 0.6 is 0 Å². The molecule has 0 saturated carbocycles. The van der Waals surface area contributed by atoms with Gasteiger partial charge in [-0.05, 0) is 68.2 Å². The van der Waals surface area contributed by atoms with Crippen LogP contribution in [-0.2, 0) is 78.6 Å². The van der Waals surface area contributed by atoms with Crippen molar-refractivity contribution in [2.75, 3.05) is 39.3 Å². The summed E-state index contributed by atoms with van der Waals surface area (Å²) < 4.78 is 4.83. The maximum Gasteiger partial charge on any atom is 0.326 e. The molecule has 0 heterocycles. The van der Waals surface area contributed by atoms with Gasteiger partial charge in [0.05, 0.1) is 19.5 Å². The number of carbonyl (C=O) groups is 11. The third kappa shape index (κ3) is 28.1. The molecular weight excluding hydrogens is 995 g/mol. The molecule has 2 rings (SSSR count). The van der Waals surface area contributed by atoms with Crippen LogP contribution in [-0.4, -0.2) is 174 Å². The van der Waals surface area contributed by atoms with Gasteiger partial charge in [0.15, 0.2) is 6.23 Å². The highest BCUT2D eigenvalue weighted by Crippen LogP contribution is 2.24.